The Kier molecular flexibility index (Phi) is 7.75. The number of unbranched alkanes of at least 4 members (excludes halogenated alkanes) is 4. The molecule has 107 valence electrons. The van der Waals surface area contributed by atoms with Crippen molar-refractivity contribution in [3.8, 4) is 0 Å². The molecule has 0 aromatic heterocycles. The molecule has 1 aliphatic rings. The van der Waals surface area contributed by atoms with Crippen molar-refractivity contribution >= 4 is 23.4 Å². The Hall–Kier alpha value is -0.870. The van der Waals surface area contributed by atoms with E-state index in [1.165, 1.54) is 17.1 Å². The van der Waals surface area contributed by atoms with E-state index in [2.05, 4.69) is 11.7 Å². The van der Waals surface area contributed by atoms with Gasteiger partial charge in [0.15, 0.2) is 0 Å². The summed E-state index contributed by atoms with van der Waals surface area (Å²) in [6.45, 7) is 0.453. The highest BCUT2D eigenvalue weighted by atomic mass is 35.5. The van der Waals surface area contributed by atoms with E-state index in [-0.39, 0.29) is 17.9 Å². The summed E-state index contributed by atoms with van der Waals surface area (Å²) in [5.41, 5.74) is 0. The zero-order valence-corrected chi connectivity index (χ0v) is 12.2. The molecule has 0 bridgehead atoms. The first-order valence-electron chi connectivity index (χ1n) is 6.77. The molecular formula is C14H22ClN2O2. The van der Waals surface area contributed by atoms with Crippen LogP contribution in [0.1, 0.15) is 32.1 Å². The number of rotatable bonds is 10. The molecule has 0 saturated heterocycles. The smallest absolute Gasteiger partial charge is 0.253 e. The van der Waals surface area contributed by atoms with Crippen molar-refractivity contribution in [1.82, 2.24) is 10.2 Å². The first-order valence-corrected chi connectivity index (χ1v) is 7.31. The minimum absolute atomic E-state index is 0.171. The van der Waals surface area contributed by atoms with Crippen molar-refractivity contribution in [2.24, 2.45) is 0 Å². The van der Waals surface area contributed by atoms with E-state index in [0.29, 0.717) is 12.4 Å². The van der Waals surface area contributed by atoms with Gasteiger partial charge in [-0.25, -0.2) is 0 Å². The summed E-state index contributed by atoms with van der Waals surface area (Å²) >= 11 is 5.57. The van der Waals surface area contributed by atoms with Crippen LogP contribution >= 0.6 is 11.6 Å². The van der Waals surface area contributed by atoms with Crippen molar-refractivity contribution in [3.05, 3.63) is 18.6 Å². The van der Waals surface area contributed by atoms with Crippen LogP contribution in [-0.4, -0.2) is 42.2 Å². The number of carbonyl (C=O) groups excluding carboxylic acids is 2. The highest BCUT2D eigenvalue weighted by Crippen LogP contribution is 2.11. The third-order valence-electron chi connectivity index (χ3n) is 3.28. The SMILES string of the molecule is CNC(CCCCC[CH]CCl)CN1C(=O)C=CC1=O. The Morgan fingerprint density at radius 1 is 1.26 bits per heavy atom. The predicted molar refractivity (Wildman–Crippen MR) is 76.8 cm³/mol. The molecular weight excluding hydrogens is 264 g/mol. The van der Waals surface area contributed by atoms with Gasteiger partial charge in [-0.05, 0) is 26.3 Å². The molecule has 1 atom stereocenters. The van der Waals surface area contributed by atoms with Crippen LogP contribution in [0, 0.1) is 6.42 Å². The minimum Gasteiger partial charge on any atom is -0.315 e. The first kappa shape index (κ1) is 16.2. The van der Waals surface area contributed by atoms with E-state index in [1.807, 2.05) is 7.05 Å². The molecule has 0 fully saturated rings. The average molecular weight is 286 g/mol. The number of nitrogens with one attached hydrogen (secondary N) is 1. The number of halogens is 1. The standard InChI is InChI=1S/C14H22ClN2O2/c1-16-12(7-5-3-2-4-6-10-15)11-17-13(18)8-9-14(17)19/h6,8-9,12,16H,2-5,7,10-11H2,1H3. The molecule has 0 aromatic rings. The van der Waals surface area contributed by atoms with Gasteiger partial charge in [0.2, 0.25) is 0 Å². The summed E-state index contributed by atoms with van der Waals surface area (Å²) in [5.74, 6) is 0.203. The van der Waals surface area contributed by atoms with Crippen LogP contribution in [0.3, 0.4) is 0 Å². The van der Waals surface area contributed by atoms with Gasteiger partial charge in [-0.3, -0.25) is 14.5 Å². The predicted octanol–water partition coefficient (Wildman–Crippen LogP) is 1.89. The van der Waals surface area contributed by atoms with E-state index in [0.717, 1.165) is 32.1 Å². The van der Waals surface area contributed by atoms with Crippen molar-refractivity contribution in [2.45, 2.75) is 38.1 Å². The fraction of sp³-hybridized carbons (Fsp3) is 0.643. The molecule has 1 N–H and O–H groups in total. The third-order valence-corrected chi connectivity index (χ3v) is 3.50. The highest BCUT2D eigenvalue weighted by Gasteiger charge is 2.25. The summed E-state index contributed by atoms with van der Waals surface area (Å²) in [7, 11) is 1.87. The van der Waals surface area contributed by atoms with Gasteiger partial charge >= 0.3 is 0 Å². The molecule has 19 heavy (non-hydrogen) atoms. The molecule has 0 aromatic carbocycles. The highest BCUT2D eigenvalue weighted by molar-refractivity contribution is 6.18. The van der Waals surface area contributed by atoms with Crippen LogP contribution < -0.4 is 5.32 Å². The monoisotopic (exact) mass is 285 g/mol. The average Bonchev–Trinajstić information content (AvgIpc) is 2.72. The lowest BCUT2D eigenvalue weighted by atomic mass is 10.1. The van der Waals surface area contributed by atoms with Gasteiger partial charge in [-0.15, -0.1) is 11.6 Å². The third kappa shape index (κ3) is 5.74. The number of nitrogens with zero attached hydrogens (tertiary/aromatic N) is 1. The summed E-state index contributed by atoms with van der Waals surface area (Å²) in [6, 6.07) is 0.171. The maximum absolute atomic E-state index is 11.5. The topological polar surface area (TPSA) is 49.4 Å². The molecule has 0 aliphatic carbocycles. The second-order valence-electron chi connectivity index (χ2n) is 4.69. The maximum atomic E-state index is 11.5. The Labute approximate surface area is 120 Å². The van der Waals surface area contributed by atoms with Crippen LogP contribution in [0.5, 0.6) is 0 Å². The Morgan fingerprint density at radius 3 is 2.53 bits per heavy atom. The molecule has 5 heteroatoms. The normalized spacial score (nSPS) is 16.4. The van der Waals surface area contributed by atoms with Gasteiger partial charge in [0.25, 0.3) is 11.8 Å². The van der Waals surface area contributed by atoms with Crippen molar-refractivity contribution in [3.63, 3.8) is 0 Å². The molecule has 1 radical (unpaired) electrons. The Balaban J connectivity index is 2.19. The number of amides is 2. The number of alkyl halides is 1. The first-order chi connectivity index (χ1) is 9.19. The molecule has 2 amide bonds. The molecule has 4 nitrogen and oxygen atoms in total. The largest absolute Gasteiger partial charge is 0.315 e. The van der Waals surface area contributed by atoms with Crippen LogP contribution in [0.25, 0.3) is 0 Å². The zero-order valence-electron chi connectivity index (χ0n) is 11.4. The maximum Gasteiger partial charge on any atom is 0.253 e. The van der Waals surface area contributed by atoms with E-state index >= 15 is 0 Å². The van der Waals surface area contributed by atoms with Crippen molar-refractivity contribution in [1.29, 1.82) is 0 Å². The number of likely N-dealkylation sites (N-methyl/N-ethyl adjacent to an activating group) is 1. The lowest BCUT2D eigenvalue weighted by Crippen LogP contribution is -2.42. The molecule has 0 spiro atoms. The van der Waals surface area contributed by atoms with E-state index in [1.54, 1.807) is 0 Å². The minimum atomic E-state index is -0.207. The summed E-state index contributed by atoms with van der Waals surface area (Å²) in [5, 5.41) is 3.17. The second-order valence-corrected chi connectivity index (χ2v) is 5.00. The van der Waals surface area contributed by atoms with Gasteiger partial charge in [0.05, 0.1) is 0 Å². The van der Waals surface area contributed by atoms with Gasteiger partial charge in [-0.2, -0.15) is 0 Å². The lowest BCUT2D eigenvalue weighted by Gasteiger charge is -2.22. The van der Waals surface area contributed by atoms with E-state index in [4.69, 9.17) is 11.6 Å². The van der Waals surface area contributed by atoms with Gasteiger partial charge < -0.3 is 5.32 Å². The molecule has 1 heterocycles. The van der Waals surface area contributed by atoms with E-state index in [9.17, 15) is 9.59 Å². The van der Waals surface area contributed by atoms with Crippen LogP contribution in [-0.2, 0) is 9.59 Å². The molecule has 1 aliphatic heterocycles. The number of hydrogen-bond donors (Lipinski definition) is 1. The van der Waals surface area contributed by atoms with Crippen molar-refractivity contribution < 1.29 is 9.59 Å². The molecule has 1 unspecified atom stereocenters. The Morgan fingerprint density at radius 2 is 1.95 bits per heavy atom. The quantitative estimate of drug-likeness (QED) is 0.379. The second kappa shape index (κ2) is 9.10. The van der Waals surface area contributed by atoms with Crippen LogP contribution in [0.15, 0.2) is 12.2 Å². The van der Waals surface area contributed by atoms with Crippen LogP contribution in [0.4, 0.5) is 0 Å². The lowest BCUT2D eigenvalue weighted by molar-refractivity contribution is -0.137. The number of carbonyl (C=O) groups is 2. The van der Waals surface area contributed by atoms with Gasteiger partial charge in [0, 0.05) is 30.6 Å². The summed E-state index contributed by atoms with van der Waals surface area (Å²) in [4.78, 5) is 24.2. The van der Waals surface area contributed by atoms with Crippen LogP contribution in [0.2, 0.25) is 0 Å². The van der Waals surface area contributed by atoms with E-state index < -0.39 is 0 Å². The van der Waals surface area contributed by atoms with Crippen molar-refractivity contribution in [2.75, 3.05) is 19.5 Å². The Bertz CT molecular complexity index is 313. The summed E-state index contributed by atoms with van der Waals surface area (Å²) in [6.07, 6.45) is 10.1. The number of imide groups is 1. The fourth-order valence-electron chi connectivity index (χ4n) is 2.09. The van der Waals surface area contributed by atoms with Gasteiger partial charge in [-0.1, -0.05) is 19.3 Å². The number of hydrogen-bond acceptors (Lipinski definition) is 3. The fourth-order valence-corrected chi connectivity index (χ4v) is 2.25. The summed E-state index contributed by atoms with van der Waals surface area (Å²) < 4.78 is 0. The molecule has 1 rings (SSSR count). The van der Waals surface area contributed by atoms with Gasteiger partial charge in [0.1, 0.15) is 0 Å². The molecule has 0 saturated carbocycles. The zero-order chi connectivity index (χ0) is 14.1.